The molecule has 4 heterocycles. The molecule has 8 rings (SSSR count). The third-order valence-corrected chi connectivity index (χ3v) is 8.96. The monoisotopic (exact) mass is 690 g/mol. The molecular formula is C39H29F3N4O5. The molecule has 0 amide bonds. The van der Waals surface area contributed by atoms with Crippen molar-refractivity contribution in [3.05, 3.63) is 155 Å². The second-order valence-corrected chi connectivity index (χ2v) is 12.0. The van der Waals surface area contributed by atoms with E-state index >= 15 is 13.2 Å². The molecule has 0 spiro atoms. The van der Waals surface area contributed by atoms with Crippen molar-refractivity contribution in [2.75, 3.05) is 0 Å². The van der Waals surface area contributed by atoms with Gasteiger partial charge in [0, 0.05) is 33.9 Å². The van der Waals surface area contributed by atoms with Crippen LogP contribution in [-0.4, -0.2) is 41.9 Å². The van der Waals surface area contributed by atoms with Crippen molar-refractivity contribution in [1.29, 1.82) is 0 Å². The zero-order valence-electron chi connectivity index (χ0n) is 26.8. The van der Waals surface area contributed by atoms with Crippen LogP contribution in [0.4, 0.5) is 13.2 Å². The van der Waals surface area contributed by atoms with Gasteiger partial charge in [-0.3, -0.25) is 0 Å². The Morgan fingerprint density at radius 3 is 2.20 bits per heavy atom. The maximum absolute atomic E-state index is 15.2. The van der Waals surface area contributed by atoms with E-state index in [1.165, 1.54) is 42.0 Å². The van der Waals surface area contributed by atoms with Crippen LogP contribution >= 0.6 is 0 Å². The van der Waals surface area contributed by atoms with Gasteiger partial charge in [0.1, 0.15) is 11.5 Å². The molecule has 0 aliphatic carbocycles. The smallest absolute Gasteiger partial charge is 0.425 e. The predicted octanol–water partition coefficient (Wildman–Crippen LogP) is 8.55. The number of para-hydroxylation sites is 2. The van der Waals surface area contributed by atoms with Gasteiger partial charge in [0.25, 0.3) is 0 Å². The van der Waals surface area contributed by atoms with Crippen molar-refractivity contribution < 1.29 is 32.6 Å². The third-order valence-electron chi connectivity index (χ3n) is 8.96. The van der Waals surface area contributed by atoms with E-state index in [1.807, 2.05) is 42.5 Å². The van der Waals surface area contributed by atoms with Crippen molar-refractivity contribution in [2.45, 2.75) is 24.6 Å². The van der Waals surface area contributed by atoms with Gasteiger partial charge in [0.05, 0.1) is 11.2 Å². The lowest BCUT2D eigenvalue weighted by molar-refractivity contribution is -0.274. The molecule has 2 unspecified atom stereocenters. The van der Waals surface area contributed by atoms with Crippen molar-refractivity contribution in [3.8, 4) is 17.1 Å². The average Bonchev–Trinajstić information content (AvgIpc) is 3.83. The summed E-state index contributed by atoms with van der Waals surface area (Å²) in [5, 5.41) is 21.6. The summed E-state index contributed by atoms with van der Waals surface area (Å²) in [6.45, 7) is 1.37. The number of carboxylic acids is 1. The lowest BCUT2D eigenvalue weighted by Gasteiger charge is -2.37. The highest BCUT2D eigenvalue weighted by atomic mass is 19.4. The molecular weight excluding hydrogens is 661 g/mol. The fourth-order valence-corrected chi connectivity index (χ4v) is 6.46. The van der Waals surface area contributed by atoms with Crippen LogP contribution < -0.4 is 5.76 Å². The molecule has 0 bridgehead atoms. The molecule has 9 nitrogen and oxygen atoms in total. The van der Waals surface area contributed by atoms with Crippen molar-refractivity contribution in [1.82, 2.24) is 19.5 Å². The first-order valence-corrected chi connectivity index (χ1v) is 15.8. The zero-order valence-corrected chi connectivity index (χ0v) is 26.8. The number of nitrogens with one attached hydrogen (secondary N) is 2. The summed E-state index contributed by atoms with van der Waals surface area (Å²) < 4.78 is 52.1. The number of oxazole rings is 1. The molecule has 12 heteroatoms. The molecule has 0 fully saturated rings. The molecule has 4 aromatic carbocycles. The highest BCUT2D eigenvalue weighted by molar-refractivity contribution is 5.92. The Bertz CT molecular complexity index is 2540. The quantitative estimate of drug-likeness (QED) is 0.138. The average molecular weight is 691 g/mol. The molecule has 2 atom stereocenters. The number of hydrogen-bond acceptors (Lipinski definition) is 5. The third kappa shape index (κ3) is 5.85. The Morgan fingerprint density at radius 1 is 0.843 bits per heavy atom. The standard InChI is InChI=1S/C33H24F3N3O3.C6H5NO2/c1-19(29-23-12-6-8-14-25(23)38-30(29)20-9-3-2-4-10-20)32(41,33(34,35)36)22-15-16-27-26(18-22)39(31(40)42-27)28-17-21-11-5-7-13-24(21)37-28;8-6(9)5-3-1-2-4-7-5/h2-19,37-38,41H,1H3;1-4H,(H,8,9). The van der Waals surface area contributed by atoms with Gasteiger partial charge in [-0.25, -0.2) is 19.1 Å². The first-order chi connectivity index (χ1) is 24.5. The Labute approximate surface area is 287 Å². The number of carbonyl (C=O) groups is 1. The molecule has 0 aliphatic rings. The number of aromatic carboxylic acids is 1. The summed E-state index contributed by atoms with van der Waals surface area (Å²) in [4.78, 5) is 33.0. The van der Waals surface area contributed by atoms with Gasteiger partial charge >= 0.3 is 17.9 Å². The van der Waals surface area contributed by atoms with E-state index in [4.69, 9.17) is 9.52 Å². The Balaban J connectivity index is 0.000000395. The van der Waals surface area contributed by atoms with Crippen LogP contribution in [0.2, 0.25) is 0 Å². The molecule has 51 heavy (non-hydrogen) atoms. The van der Waals surface area contributed by atoms with Gasteiger partial charge in [0.15, 0.2) is 11.2 Å². The fraction of sp³-hybridized carbons (Fsp3) is 0.103. The molecule has 0 radical (unpaired) electrons. The van der Waals surface area contributed by atoms with Crippen LogP contribution in [-0.2, 0) is 5.60 Å². The van der Waals surface area contributed by atoms with E-state index in [2.05, 4.69) is 15.0 Å². The summed E-state index contributed by atoms with van der Waals surface area (Å²) in [7, 11) is 0. The molecule has 0 aliphatic heterocycles. The second-order valence-electron chi connectivity index (χ2n) is 12.0. The molecule has 4 aromatic heterocycles. The van der Waals surface area contributed by atoms with Crippen LogP contribution in [0.25, 0.3) is 50.0 Å². The topological polar surface area (TPSA) is 137 Å². The maximum Gasteiger partial charge on any atom is 0.425 e. The minimum atomic E-state index is -5.08. The van der Waals surface area contributed by atoms with Gasteiger partial charge in [0.2, 0.25) is 0 Å². The number of pyridine rings is 1. The summed E-state index contributed by atoms with van der Waals surface area (Å²) in [5.74, 6) is -2.87. The number of carboxylic acid groups (broad SMARTS) is 1. The van der Waals surface area contributed by atoms with Gasteiger partial charge in [-0.15, -0.1) is 0 Å². The highest BCUT2D eigenvalue weighted by Crippen LogP contribution is 2.52. The first-order valence-electron chi connectivity index (χ1n) is 15.8. The number of nitrogens with zero attached hydrogens (tertiary/aromatic N) is 2. The van der Waals surface area contributed by atoms with Crippen molar-refractivity contribution in [2.24, 2.45) is 0 Å². The second kappa shape index (κ2) is 12.8. The summed E-state index contributed by atoms with van der Waals surface area (Å²) in [5.41, 5.74) is -0.547. The van der Waals surface area contributed by atoms with Gasteiger partial charge in [-0.1, -0.05) is 85.8 Å². The largest absolute Gasteiger partial charge is 0.477 e. The first kappa shape index (κ1) is 33.1. The van der Waals surface area contributed by atoms with Crippen molar-refractivity contribution in [3.63, 3.8) is 0 Å². The van der Waals surface area contributed by atoms with Crippen LogP contribution in [0.3, 0.4) is 0 Å². The Hall–Kier alpha value is -6.40. The van der Waals surface area contributed by atoms with Crippen LogP contribution in [0.1, 0.15) is 34.5 Å². The Kier molecular flexibility index (Phi) is 8.32. The lowest BCUT2D eigenvalue weighted by Crippen LogP contribution is -2.46. The number of halogens is 3. The lowest BCUT2D eigenvalue weighted by atomic mass is 9.76. The fourth-order valence-electron chi connectivity index (χ4n) is 6.46. The number of benzene rings is 4. The van der Waals surface area contributed by atoms with E-state index in [0.29, 0.717) is 33.5 Å². The summed E-state index contributed by atoms with van der Waals surface area (Å²) >= 11 is 0. The molecule has 0 saturated heterocycles. The summed E-state index contributed by atoms with van der Waals surface area (Å²) in [6.07, 6.45) is -3.63. The minimum Gasteiger partial charge on any atom is -0.477 e. The molecule has 8 aromatic rings. The molecule has 0 saturated carbocycles. The van der Waals surface area contributed by atoms with E-state index in [-0.39, 0.29) is 16.8 Å². The van der Waals surface area contributed by atoms with E-state index < -0.39 is 35.0 Å². The highest BCUT2D eigenvalue weighted by Gasteiger charge is 2.59. The number of H-pyrrole nitrogens is 2. The van der Waals surface area contributed by atoms with Crippen LogP contribution in [0, 0.1) is 0 Å². The van der Waals surface area contributed by atoms with E-state index in [0.717, 1.165) is 10.9 Å². The molecule has 256 valence electrons. The van der Waals surface area contributed by atoms with Gasteiger partial charge in [-0.05, 0) is 59.2 Å². The predicted molar refractivity (Wildman–Crippen MR) is 187 cm³/mol. The SMILES string of the molecule is CC(c1c(-c2ccccc2)[nH]c2ccccc12)C(O)(c1ccc2oc(=O)n(-c3cc4ccccc4[nH]3)c2c1)C(F)(F)F.O=C(O)c1ccccn1. The maximum atomic E-state index is 15.2. The number of fused-ring (bicyclic) bond motifs is 3. The zero-order chi connectivity index (χ0) is 35.9. The van der Waals surface area contributed by atoms with Crippen LogP contribution in [0.5, 0.6) is 0 Å². The number of aliphatic hydroxyl groups is 1. The normalized spacial score (nSPS) is 13.5. The Morgan fingerprint density at radius 2 is 1.53 bits per heavy atom. The van der Waals surface area contributed by atoms with Gasteiger partial charge < -0.3 is 24.6 Å². The van der Waals surface area contributed by atoms with Crippen molar-refractivity contribution >= 4 is 38.9 Å². The minimum absolute atomic E-state index is 0.0810. The number of rotatable bonds is 6. The van der Waals surface area contributed by atoms with Crippen LogP contribution in [0.15, 0.2) is 137 Å². The van der Waals surface area contributed by atoms with E-state index in [1.54, 1.807) is 54.6 Å². The number of hydrogen-bond donors (Lipinski definition) is 4. The summed E-state index contributed by atoms with van der Waals surface area (Å²) in [6, 6.07) is 33.6. The number of alkyl halides is 3. The van der Waals surface area contributed by atoms with Gasteiger partial charge in [-0.2, -0.15) is 13.2 Å². The van der Waals surface area contributed by atoms with E-state index in [9.17, 15) is 14.7 Å². The number of aromatic amines is 2. The molecule has 4 N–H and O–H groups in total. The number of aromatic nitrogens is 4.